The van der Waals surface area contributed by atoms with Crippen molar-refractivity contribution < 1.29 is 8.42 Å². The van der Waals surface area contributed by atoms with Gasteiger partial charge in [-0.05, 0) is 25.7 Å². The van der Waals surface area contributed by atoms with Crippen LogP contribution in [0.4, 0.5) is 5.13 Å². The molecule has 108 valence electrons. The highest BCUT2D eigenvalue weighted by atomic mass is 32.2. The average Bonchev–Trinajstić information content (AvgIpc) is 2.77. The third-order valence-electron chi connectivity index (χ3n) is 3.41. The molecule has 1 aromatic rings. The zero-order chi connectivity index (χ0) is 13.9. The topological polar surface area (TPSA) is 85.1 Å². The number of nitrogens with zero attached hydrogens (tertiary/aromatic N) is 1. The Kier molecular flexibility index (Phi) is 4.81. The standard InChI is InChI=1S/C12H21N3O2S2/c1-9(13)11-7-18-12(14-11)15-19(16,17)8-10-5-3-2-4-6-10/h7,9-10H,2-6,8,13H2,1H3,(H,14,15). The van der Waals surface area contributed by atoms with E-state index in [-0.39, 0.29) is 11.8 Å². The van der Waals surface area contributed by atoms with Crippen molar-refractivity contribution in [2.24, 2.45) is 11.7 Å². The van der Waals surface area contributed by atoms with Crippen molar-refractivity contribution >= 4 is 26.5 Å². The van der Waals surface area contributed by atoms with E-state index in [4.69, 9.17) is 5.73 Å². The zero-order valence-corrected chi connectivity index (χ0v) is 12.8. The summed E-state index contributed by atoms with van der Waals surface area (Å²) in [7, 11) is -3.29. The van der Waals surface area contributed by atoms with Crippen LogP contribution in [0, 0.1) is 5.92 Å². The Morgan fingerprint density at radius 1 is 1.47 bits per heavy atom. The van der Waals surface area contributed by atoms with Crippen LogP contribution in [0.1, 0.15) is 50.8 Å². The van der Waals surface area contributed by atoms with Crippen molar-refractivity contribution in [2.45, 2.75) is 45.1 Å². The summed E-state index contributed by atoms with van der Waals surface area (Å²) in [6.07, 6.45) is 5.56. The quantitative estimate of drug-likeness (QED) is 0.875. The molecule has 0 aliphatic heterocycles. The van der Waals surface area contributed by atoms with Crippen LogP contribution in [0.3, 0.4) is 0 Å². The molecular weight excluding hydrogens is 282 g/mol. The van der Waals surface area contributed by atoms with E-state index in [2.05, 4.69) is 9.71 Å². The maximum absolute atomic E-state index is 12.1. The summed E-state index contributed by atoms with van der Waals surface area (Å²) >= 11 is 1.29. The molecule has 0 saturated heterocycles. The monoisotopic (exact) mass is 303 g/mol. The largest absolute Gasteiger partial charge is 0.323 e. The van der Waals surface area contributed by atoms with Gasteiger partial charge < -0.3 is 5.73 Å². The Balaban J connectivity index is 1.95. The van der Waals surface area contributed by atoms with Crippen LogP contribution < -0.4 is 10.5 Å². The van der Waals surface area contributed by atoms with E-state index in [1.54, 1.807) is 5.38 Å². The van der Waals surface area contributed by atoms with Gasteiger partial charge in [-0.1, -0.05) is 19.3 Å². The molecule has 7 heteroatoms. The molecule has 19 heavy (non-hydrogen) atoms. The van der Waals surface area contributed by atoms with Crippen LogP contribution in [-0.2, 0) is 10.0 Å². The number of rotatable bonds is 5. The summed E-state index contributed by atoms with van der Waals surface area (Å²) in [5.41, 5.74) is 6.43. The van der Waals surface area contributed by atoms with Crippen LogP contribution in [0.5, 0.6) is 0 Å². The molecule has 0 radical (unpaired) electrons. The Hall–Kier alpha value is -0.660. The molecule has 1 heterocycles. The van der Waals surface area contributed by atoms with Gasteiger partial charge in [0, 0.05) is 11.4 Å². The number of nitrogens with one attached hydrogen (secondary N) is 1. The molecule has 0 amide bonds. The highest BCUT2D eigenvalue weighted by molar-refractivity contribution is 7.92. The second-order valence-corrected chi connectivity index (χ2v) is 7.88. The van der Waals surface area contributed by atoms with Crippen molar-refractivity contribution in [3.05, 3.63) is 11.1 Å². The molecule has 1 unspecified atom stereocenters. The minimum absolute atomic E-state index is 0.173. The maximum Gasteiger partial charge on any atom is 0.234 e. The number of thiazole rings is 1. The number of nitrogens with two attached hydrogens (primary N) is 1. The first-order chi connectivity index (χ1) is 8.96. The first-order valence-corrected chi connectivity index (χ1v) is 9.21. The number of aromatic nitrogens is 1. The van der Waals surface area contributed by atoms with Crippen molar-refractivity contribution in [2.75, 3.05) is 10.5 Å². The van der Waals surface area contributed by atoms with Gasteiger partial charge in [-0.15, -0.1) is 11.3 Å². The molecule has 1 aliphatic carbocycles. The molecule has 1 aromatic heterocycles. The molecular formula is C12H21N3O2S2. The molecule has 5 nitrogen and oxygen atoms in total. The van der Waals surface area contributed by atoms with E-state index in [1.165, 1.54) is 17.8 Å². The van der Waals surface area contributed by atoms with Crippen molar-refractivity contribution in [1.82, 2.24) is 4.98 Å². The third-order valence-corrected chi connectivity index (χ3v) is 5.73. The van der Waals surface area contributed by atoms with Crippen molar-refractivity contribution in [1.29, 1.82) is 0 Å². The van der Waals surface area contributed by atoms with Gasteiger partial charge in [0.25, 0.3) is 0 Å². The van der Waals surface area contributed by atoms with Gasteiger partial charge in [0.15, 0.2) is 5.13 Å². The smallest absolute Gasteiger partial charge is 0.234 e. The van der Waals surface area contributed by atoms with Gasteiger partial charge in [-0.3, -0.25) is 4.72 Å². The van der Waals surface area contributed by atoms with Gasteiger partial charge in [0.05, 0.1) is 11.4 Å². The summed E-state index contributed by atoms with van der Waals surface area (Å²) in [5, 5.41) is 2.21. The maximum atomic E-state index is 12.1. The van der Waals surface area contributed by atoms with Crippen molar-refractivity contribution in [3.8, 4) is 0 Å². The molecule has 1 atom stereocenters. The lowest BCUT2D eigenvalue weighted by molar-refractivity contribution is 0.385. The predicted molar refractivity (Wildman–Crippen MR) is 78.7 cm³/mol. The van der Waals surface area contributed by atoms with Gasteiger partial charge in [0.1, 0.15) is 0 Å². The molecule has 0 spiro atoms. The van der Waals surface area contributed by atoms with Gasteiger partial charge in [-0.2, -0.15) is 0 Å². The van der Waals surface area contributed by atoms with E-state index in [1.807, 2.05) is 6.92 Å². The SMILES string of the molecule is CC(N)c1csc(NS(=O)(=O)CC2CCCCC2)n1. The minimum Gasteiger partial charge on any atom is -0.323 e. The Bertz CT molecular complexity index is 505. The van der Waals surface area contributed by atoms with Crippen LogP contribution in [0.25, 0.3) is 0 Å². The average molecular weight is 303 g/mol. The number of sulfonamides is 1. The first kappa shape index (κ1) is 14.7. The first-order valence-electron chi connectivity index (χ1n) is 6.68. The highest BCUT2D eigenvalue weighted by Gasteiger charge is 2.22. The molecule has 0 bridgehead atoms. The number of hydrogen-bond acceptors (Lipinski definition) is 5. The fourth-order valence-electron chi connectivity index (χ4n) is 2.38. The summed E-state index contributed by atoms with van der Waals surface area (Å²) in [6, 6.07) is -0.173. The highest BCUT2D eigenvalue weighted by Crippen LogP contribution is 2.26. The van der Waals surface area contributed by atoms with Gasteiger partial charge >= 0.3 is 0 Å². The third kappa shape index (κ3) is 4.43. The van der Waals surface area contributed by atoms with Crippen LogP contribution >= 0.6 is 11.3 Å². The summed E-state index contributed by atoms with van der Waals surface area (Å²) in [6.45, 7) is 1.83. The number of hydrogen-bond donors (Lipinski definition) is 2. The Labute approximate surface area is 118 Å². The number of anilines is 1. The molecule has 1 saturated carbocycles. The van der Waals surface area contributed by atoms with E-state index < -0.39 is 10.0 Å². The predicted octanol–water partition coefficient (Wildman–Crippen LogP) is 2.48. The van der Waals surface area contributed by atoms with E-state index in [9.17, 15) is 8.42 Å². The Morgan fingerprint density at radius 3 is 2.74 bits per heavy atom. The second kappa shape index (κ2) is 6.19. The van der Waals surface area contributed by atoms with Crippen LogP contribution in [-0.4, -0.2) is 19.2 Å². The summed E-state index contributed by atoms with van der Waals surface area (Å²) in [4.78, 5) is 4.19. The lowest BCUT2D eigenvalue weighted by atomic mass is 9.91. The van der Waals surface area contributed by atoms with Crippen LogP contribution in [0.2, 0.25) is 0 Å². The van der Waals surface area contributed by atoms with E-state index in [0.717, 1.165) is 31.4 Å². The fraction of sp³-hybridized carbons (Fsp3) is 0.750. The minimum atomic E-state index is -3.29. The molecule has 2 rings (SSSR count). The lowest BCUT2D eigenvalue weighted by Gasteiger charge is -2.21. The Morgan fingerprint density at radius 2 is 2.16 bits per heavy atom. The van der Waals surface area contributed by atoms with E-state index >= 15 is 0 Å². The summed E-state index contributed by atoms with van der Waals surface area (Å²) < 4.78 is 26.7. The molecule has 1 aliphatic rings. The van der Waals surface area contributed by atoms with Crippen LogP contribution in [0.15, 0.2) is 5.38 Å². The normalized spacial score (nSPS) is 19.3. The molecule has 3 N–H and O–H groups in total. The van der Waals surface area contributed by atoms with Gasteiger partial charge in [0.2, 0.25) is 10.0 Å². The van der Waals surface area contributed by atoms with Crippen molar-refractivity contribution in [3.63, 3.8) is 0 Å². The second-order valence-electron chi connectivity index (χ2n) is 5.25. The van der Waals surface area contributed by atoms with E-state index in [0.29, 0.717) is 11.0 Å². The van der Waals surface area contributed by atoms with Gasteiger partial charge in [-0.25, -0.2) is 13.4 Å². The molecule has 0 aromatic carbocycles. The zero-order valence-electron chi connectivity index (χ0n) is 11.1. The summed E-state index contributed by atoms with van der Waals surface area (Å²) in [5.74, 6) is 0.499. The fourth-order valence-corrected chi connectivity index (χ4v) is 4.96. The molecule has 1 fully saturated rings. The lowest BCUT2D eigenvalue weighted by Crippen LogP contribution is -2.24.